The molecule has 0 bridgehead atoms. The van der Waals surface area contributed by atoms with Gasteiger partial charge in [0.05, 0.1) is 0 Å². The minimum absolute atomic E-state index is 0. The molecule has 1 atom stereocenters. The number of thiophene rings is 1. The van der Waals surface area contributed by atoms with Crippen molar-refractivity contribution < 1.29 is 9.90 Å². The highest BCUT2D eigenvalue weighted by molar-refractivity contribution is 7.20. The lowest BCUT2D eigenvalue weighted by Crippen LogP contribution is -2.04. The van der Waals surface area contributed by atoms with Crippen LogP contribution in [-0.4, -0.2) is 11.1 Å². The summed E-state index contributed by atoms with van der Waals surface area (Å²) in [5, 5.41) is 9.85. The number of aromatic carboxylic acids is 1. The summed E-state index contributed by atoms with van der Waals surface area (Å²) < 4.78 is 0.974. The molecule has 16 heavy (non-hydrogen) atoms. The van der Waals surface area contributed by atoms with Crippen LogP contribution in [-0.2, 0) is 0 Å². The maximum absolute atomic E-state index is 10.8. The highest BCUT2D eigenvalue weighted by Crippen LogP contribution is 2.30. The molecule has 1 heterocycles. The van der Waals surface area contributed by atoms with Crippen molar-refractivity contribution in [2.24, 2.45) is 5.73 Å². The van der Waals surface area contributed by atoms with Gasteiger partial charge in [0.15, 0.2) is 0 Å². The van der Waals surface area contributed by atoms with Gasteiger partial charge in [-0.2, -0.15) is 0 Å². The van der Waals surface area contributed by atoms with E-state index in [4.69, 9.17) is 10.8 Å². The summed E-state index contributed by atoms with van der Waals surface area (Å²) in [5.41, 5.74) is 6.82. The average molecular weight is 237 g/mol. The van der Waals surface area contributed by atoms with Crippen LogP contribution in [0.3, 0.4) is 0 Å². The van der Waals surface area contributed by atoms with E-state index >= 15 is 0 Å². The zero-order chi connectivity index (χ0) is 11.0. The minimum Gasteiger partial charge on any atom is -0.477 e. The minimum atomic E-state index is -0.883. The molecule has 0 radical (unpaired) electrons. The molecule has 0 aliphatic heterocycles. The summed E-state index contributed by atoms with van der Waals surface area (Å²) in [5.74, 6) is -0.883. The van der Waals surface area contributed by atoms with Crippen molar-refractivity contribution in [3.63, 3.8) is 0 Å². The van der Waals surface area contributed by atoms with Crippen LogP contribution in [0.2, 0.25) is 0 Å². The van der Waals surface area contributed by atoms with Gasteiger partial charge in [-0.3, -0.25) is 0 Å². The van der Waals surface area contributed by atoms with Gasteiger partial charge in [0.1, 0.15) is 4.88 Å². The van der Waals surface area contributed by atoms with Crippen LogP contribution in [0.15, 0.2) is 24.3 Å². The number of hydrogen-bond acceptors (Lipinski definition) is 3. The first-order valence-corrected chi connectivity index (χ1v) is 5.42. The van der Waals surface area contributed by atoms with Gasteiger partial charge < -0.3 is 10.8 Å². The van der Waals surface area contributed by atoms with Gasteiger partial charge in [-0.1, -0.05) is 19.6 Å². The molecule has 0 aliphatic rings. The molecule has 1 aromatic carbocycles. The zero-order valence-electron chi connectivity index (χ0n) is 8.23. The predicted molar refractivity (Wildman–Crippen MR) is 68.1 cm³/mol. The number of benzene rings is 1. The quantitative estimate of drug-likeness (QED) is 0.842. The standard InChI is InChI=1S/C11H11NO2S.CH4/c1-6(12)7-3-2-4-9-8(7)5-10(15-9)11(13)14;/h2-6H,12H2,1H3,(H,13,14);1H4. The van der Waals surface area contributed by atoms with Crippen molar-refractivity contribution in [3.8, 4) is 0 Å². The van der Waals surface area contributed by atoms with Crippen molar-refractivity contribution in [1.82, 2.24) is 0 Å². The van der Waals surface area contributed by atoms with E-state index in [1.807, 2.05) is 25.1 Å². The Kier molecular flexibility index (Phi) is 3.67. The molecule has 0 aliphatic carbocycles. The monoisotopic (exact) mass is 237 g/mol. The number of carboxylic acids is 1. The Bertz CT molecular complexity index is 517. The van der Waals surface area contributed by atoms with E-state index in [-0.39, 0.29) is 13.5 Å². The summed E-state index contributed by atoms with van der Waals surface area (Å²) in [6.07, 6.45) is 0. The highest BCUT2D eigenvalue weighted by Gasteiger charge is 2.12. The molecule has 2 rings (SSSR count). The molecule has 0 fully saturated rings. The molecule has 1 unspecified atom stereocenters. The van der Waals surface area contributed by atoms with Crippen LogP contribution < -0.4 is 5.73 Å². The topological polar surface area (TPSA) is 63.3 Å². The predicted octanol–water partition coefficient (Wildman–Crippen LogP) is 3.26. The first kappa shape index (κ1) is 12.7. The van der Waals surface area contributed by atoms with Gasteiger partial charge >= 0.3 is 5.97 Å². The SMILES string of the molecule is C.CC(N)c1cccc2sc(C(=O)O)cc12. The smallest absolute Gasteiger partial charge is 0.345 e. The molecule has 0 saturated carbocycles. The zero-order valence-corrected chi connectivity index (χ0v) is 9.04. The van der Waals surface area contributed by atoms with Gasteiger partial charge in [-0.15, -0.1) is 11.3 Å². The number of carbonyl (C=O) groups is 1. The van der Waals surface area contributed by atoms with Crippen LogP contribution in [0.1, 0.15) is 35.6 Å². The maximum atomic E-state index is 10.8. The second kappa shape index (κ2) is 4.63. The number of rotatable bonds is 2. The first-order chi connectivity index (χ1) is 7.09. The molecule has 3 nitrogen and oxygen atoms in total. The third kappa shape index (κ3) is 2.08. The number of carboxylic acid groups (broad SMARTS) is 1. The van der Waals surface area contributed by atoms with E-state index in [9.17, 15) is 4.79 Å². The van der Waals surface area contributed by atoms with E-state index in [0.717, 1.165) is 15.6 Å². The maximum Gasteiger partial charge on any atom is 0.345 e. The summed E-state index contributed by atoms with van der Waals surface area (Å²) in [6, 6.07) is 7.37. The highest BCUT2D eigenvalue weighted by atomic mass is 32.1. The Morgan fingerprint density at radius 2 is 2.19 bits per heavy atom. The molecule has 0 amide bonds. The molecule has 86 valence electrons. The van der Waals surface area contributed by atoms with E-state index in [1.165, 1.54) is 11.3 Å². The van der Waals surface area contributed by atoms with E-state index in [0.29, 0.717) is 4.88 Å². The Hall–Kier alpha value is -1.39. The molecule has 2 aromatic rings. The van der Waals surface area contributed by atoms with Crippen molar-refractivity contribution in [2.75, 3.05) is 0 Å². The van der Waals surface area contributed by atoms with Crippen molar-refractivity contribution in [3.05, 3.63) is 34.7 Å². The number of hydrogen-bond donors (Lipinski definition) is 2. The third-order valence-corrected chi connectivity index (χ3v) is 3.38. The molecular weight excluding hydrogens is 222 g/mol. The van der Waals surface area contributed by atoms with Gasteiger partial charge in [-0.25, -0.2) is 4.79 Å². The third-order valence-electron chi connectivity index (χ3n) is 2.30. The molecule has 0 spiro atoms. The number of fused-ring (bicyclic) bond motifs is 1. The lowest BCUT2D eigenvalue weighted by Gasteiger charge is -2.05. The Morgan fingerprint density at radius 1 is 1.50 bits per heavy atom. The first-order valence-electron chi connectivity index (χ1n) is 4.61. The Labute approximate surface area is 98.5 Å². The second-order valence-corrected chi connectivity index (χ2v) is 4.55. The van der Waals surface area contributed by atoms with Gasteiger partial charge in [-0.05, 0) is 30.0 Å². The average Bonchev–Trinajstić information content (AvgIpc) is 2.60. The van der Waals surface area contributed by atoms with E-state index < -0.39 is 5.97 Å². The summed E-state index contributed by atoms with van der Waals surface area (Å²) >= 11 is 1.28. The summed E-state index contributed by atoms with van der Waals surface area (Å²) in [4.78, 5) is 11.2. The summed E-state index contributed by atoms with van der Waals surface area (Å²) in [7, 11) is 0. The van der Waals surface area contributed by atoms with E-state index in [1.54, 1.807) is 6.07 Å². The van der Waals surface area contributed by atoms with E-state index in [2.05, 4.69) is 0 Å². The molecule has 3 N–H and O–H groups in total. The fourth-order valence-corrected chi connectivity index (χ4v) is 2.52. The lowest BCUT2D eigenvalue weighted by molar-refractivity contribution is 0.0702. The van der Waals surface area contributed by atoms with Crippen LogP contribution >= 0.6 is 11.3 Å². The van der Waals surface area contributed by atoms with Crippen LogP contribution in [0.4, 0.5) is 0 Å². The van der Waals surface area contributed by atoms with Crippen molar-refractivity contribution in [2.45, 2.75) is 20.4 Å². The lowest BCUT2D eigenvalue weighted by atomic mass is 10.0. The van der Waals surface area contributed by atoms with Crippen LogP contribution in [0.5, 0.6) is 0 Å². The fraction of sp³-hybridized carbons (Fsp3) is 0.250. The van der Waals surface area contributed by atoms with Gasteiger partial charge in [0.2, 0.25) is 0 Å². The van der Waals surface area contributed by atoms with Gasteiger partial charge in [0, 0.05) is 10.7 Å². The van der Waals surface area contributed by atoms with Crippen molar-refractivity contribution in [1.29, 1.82) is 0 Å². The Balaban J connectivity index is 0.00000128. The molecule has 0 saturated heterocycles. The molecular formula is C12H15NO2S. The largest absolute Gasteiger partial charge is 0.477 e. The summed E-state index contributed by atoms with van der Waals surface area (Å²) in [6.45, 7) is 1.90. The normalized spacial score (nSPS) is 12.1. The fourth-order valence-electron chi connectivity index (χ4n) is 1.59. The molecule has 4 heteroatoms. The number of nitrogens with two attached hydrogens (primary N) is 1. The van der Waals surface area contributed by atoms with Crippen LogP contribution in [0.25, 0.3) is 10.1 Å². The molecule has 1 aromatic heterocycles. The second-order valence-electron chi connectivity index (χ2n) is 3.46. The van der Waals surface area contributed by atoms with Crippen LogP contribution in [0, 0.1) is 0 Å². The Morgan fingerprint density at radius 3 is 2.75 bits per heavy atom. The van der Waals surface area contributed by atoms with Gasteiger partial charge in [0.25, 0.3) is 0 Å². The van der Waals surface area contributed by atoms with Crippen molar-refractivity contribution >= 4 is 27.4 Å².